The number of thioether (sulfide) groups is 1. The van der Waals surface area contributed by atoms with Crippen LogP contribution in [0.3, 0.4) is 0 Å². The topological polar surface area (TPSA) is 57.0 Å². The van der Waals surface area contributed by atoms with Gasteiger partial charge in [-0.2, -0.15) is 8.78 Å². The number of ether oxygens (including phenoxy) is 1. The molecule has 0 atom stereocenters. The fraction of sp³-hybridized carbons (Fsp3) is 0.250. The van der Waals surface area contributed by atoms with Crippen LogP contribution in [0, 0.1) is 20.8 Å². The largest absolute Gasteiger partial charge is 0.434 e. The Balaban J connectivity index is 1.80. The molecule has 0 aliphatic rings. The molecule has 0 saturated heterocycles. The lowest BCUT2D eigenvalue weighted by Gasteiger charge is -2.12. The van der Waals surface area contributed by atoms with Crippen molar-refractivity contribution in [2.45, 2.75) is 32.5 Å². The van der Waals surface area contributed by atoms with Gasteiger partial charge in [-0.15, -0.1) is 10.2 Å². The van der Waals surface area contributed by atoms with Gasteiger partial charge in [0.25, 0.3) is 0 Å². The van der Waals surface area contributed by atoms with Gasteiger partial charge >= 0.3 is 6.61 Å². The Kier molecular flexibility index (Phi) is 6.08. The number of nitrogens with zero attached hydrogens (tertiary/aromatic N) is 3. The molecule has 0 fully saturated rings. The summed E-state index contributed by atoms with van der Waals surface area (Å²) in [5.74, 6) is -0.422. The number of aromatic nitrogens is 3. The lowest BCUT2D eigenvalue weighted by Crippen LogP contribution is -2.10. The van der Waals surface area contributed by atoms with Crippen molar-refractivity contribution >= 4 is 17.5 Å². The Hall–Kier alpha value is -2.74. The first kappa shape index (κ1) is 20.0. The summed E-state index contributed by atoms with van der Waals surface area (Å²) in [6.45, 7) is 2.79. The zero-order valence-electron chi connectivity index (χ0n) is 15.6. The smallest absolute Gasteiger partial charge is 0.387 e. The van der Waals surface area contributed by atoms with E-state index in [-0.39, 0.29) is 22.8 Å². The maximum absolute atomic E-state index is 12.7. The molecular weight excluding hydrogens is 384 g/mol. The van der Waals surface area contributed by atoms with E-state index in [1.165, 1.54) is 17.8 Å². The standard InChI is InChI=1S/C20H19F2N3O2S/c1-12-4-6-16(14(3)8-12)25-11-23-24-20(25)28-10-17(26)15-9-13(2)5-7-18(15)27-19(21)22/h4-9,11,19H,10H2,1-3H3. The number of Topliss-reactive ketones (excluding diaryl/α,β-unsaturated/α-hetero) is 1. The minimum atomic E-state index is -2.99. The van der Waals surface area contributed by atoms with Gasteiger partial charge in [-0.25, -0.2) is 0 Å². The van der Waals surface area contributed by atoms with E-state index in [1.807, 2.05) is 26.0 Å². The normalized spacial score (nSPS) is 11.1. The van der Waals surface area contributed by atoms with Gasteiger partial charge in [-0.3, -0.25) is 9.36 Å². The molecule has 5 nitrogen and oxygen atoms in total. The van der Waals surface area contributed by atoms with Crippen molar-refractivity contribution in [1.29, 1.82) is 0 Å². The third-order valence-corrected chi connectivity index (χ3v) is 5.06. The highest BCUT2D eigenvalue weighted by Crippen LogP contribution is 2.27. The molecule has 3 rings (SSSR count). The molecule has 146 valence electrons. The molecule has 0 N–H and O–H groups in total. The summed E-state index contributed by atoms with van der Waals surface area (Å²) in [6, 6.07) is 10.6. The van der Waals surface area contributed by atoms with Crippen LogP contribution in [0.25, 0.3) is 5.69 Å². The highest BCUT2D eigenvalue weighted by atomic mass is 32.2. The van der Waals surface area contributed by atoms with Crippen molar-refractivity contribution in [1.82, 2.24) is 14.8 Å². The Morgan fingerprint density at radius 1 is 1.14 bits per heavy atom. The number of carbonyl (C=O) groups is 1. The Morgan fingerprint density at radius 2 is 1.86 bits per heavy atom. The maximum atomic E-state index is 12.7. The minimum absolute atomic E-state index is 0.0205. The zero-order chi connectivity index (χ0) is 20.3. The van der Waals surface area contributed by atoms with Crippen LogP contribution in [-0.4, -0.2) is 32.9 Å². The molecule has 1 heterocycles. The van der Waals surface area contributed by atoms with Crippen molar-refractivity contribution in [2.75, 3.05) is 5.75 Å². The molecule has 0 amide bonds. The second kappa shape index (κ2) is 8.52. The molecule has 0 radical (unpaired) electrons. The summed E-state index contributed by atoms with van der Waals surface area (Å²) in [5, 5.41) is 8.57. The first-order chi connectivity index (χ1) is 13.3. The summed E-state index contributed by atoms with van der Waals surface area (Å²) in [6.07, 6.45) is 1.59. The van der Waals surface area contributed by atoms with Crippen LogP contribution in [0.5, 0.6) is 5.75 Å². The zero-order valence-corrected chi connectivity index (χ0v) is 16.5. The second-order valence-electron chi connectivity index (χ2n) is 6.36. The number of hydrogen-bond acceptors (Lipinski definition) is 5. The van der Waals surface area contributed by atoms with Crippen molar-refractivity contribution in [3.05, 3.63) is 65.0 Å². The average molecular weight is 403 g/mol. The first-order valence-electron chi connectivity index (χ1n) is 8.54. The van der Waals surface area contributed by atoms with Crippen LogP contribution in [0.15, 0.2) is 47.9 Å². The van der Waals surface area contributed by atoms with Gasteiger partial charge in [0.1, 0.15) is 12.1 Å². The fourth-order valence-electron chi connectivity index (χ4n) is 2.83. The molecule has 0 saturated carbocycles. The van der Waals surface area contributed by atoms with Gasteiger partial charge < -0.3 is 4.74 Å². The third kappa shape index (κ3) is 4.56. The monoisotopic (exact) mass is 403 g/mol. The minimum Gasteiger partial charge on any atom is -0.434 e. The highest BCUT2D eigenvalue weighted by Gasteiger charge is 2.18. The average Bonchev–Trinajstić information content (AvgIpc) is 3.09. The Labute approximate surface area is 165 Å². The molecular formula is C20H19F2N3O2S. The summed E-state index contributed by atoms with van der Waals surface area (Å²) in [5.41, 5.74) is 4.03. The van der Waals surface area contributed by atoms with Crippen molar-refractivity contribution < 1.29 is 18.3 Å². The van der Waals surface area contributed by atoms with Gasteiger partial charge in [-0.05, 0) is 44.5 Å². The Morgan fingerprint density at radius 3 is 2.57 bits per heavy atom. The van der Waals surface area contributed by atoms with Crippen LogP contribution < -0.4 is 4.74 Å². The van der Waals surface area contributed by atoms with Gasteiger partial charge in [0.05, 0.1) is 17.0 Å². The van der Waals surface area contributed by atoms with E-state index in [9.17, 15) is 13.6 Å². The molecule has 0 aliphatic heterocycles. The molecule has 3 aromatic rings. The summed E-state index contributed by atoms with van der Waals surface area (Å²) >= 11 is 1.19. The van der Waals surface area contributed by atoms with Gasteiger partial charge in [0.15, 0.2) is 10.9 Å². The van der Waals surface area contributed by atoms with E-state index in [0.29, 0.717) is 5.16 Å². The fourth-order valence-corrected chi connectivity index (χ4v) is 3.64. The number of carbonyl (C=O) groups excluding carboxylic acids is 1. The molecule has 1 aromatic heterocycles. The number of hydrogen-bond donors (Lipinski definition) is 0. The third-order valence-electron chi connectivity index (χ3n) is 4.11. The number of alkyl halides is 2. The number of rotatable bonds is 7. The number of aryl methyl sites for hydroxylation is 3. The van der Waals surface area contributed by atoms with E-state index in [4.69, 9.17) is 0 Å². The first-order valence-corrected chi connectivity index (χ1v) is 9.53. The lowest BCUT2D eigenvalue weighted by molar-refractivity contribution is -0.0501. The molecule has 0 unspecified atom stereocenters. The maximum Gasteiger partial charge on any atom is 0.387 e. The molecule has 2 aromatic carbocycles. The summed E-state index contributed by atoms with van der Waals surface area (Å²) < 4.78 is 31.5. The second-order valence-corrected chi connectivity index (χ2v) is 7.31. The summed E-state index contributed by atoms with van der Waals surface area (Å²) in [7, 11) is 0. The van der Waals surface area contributed by atoms with Gasteiger partial charge in [0, 0.05) is 0 Å². The quantitative estimate of drug-likeness (QED) is 0.420. The lowest BCUT2D eigenvalue weighted by atomic mass is 10.1. The van der Waals surface area contributed by atoms with E-state index in [0.717, 1.165) is 22.4 Å². The Bertz CT molecular complexity index is 1000. The van der Waals surface area contributed by atoms with E-state index < -0.39 is 6.61 Å². The van der Waals surface area contributed by atoms with E-state index in [2.05, 4.69) is 21.0 Å². The predicted molar refractivity (Wildman–Crippen MR) is 104 cm³/mol. The van der Waals surface area contributed by atoms with Crippen LogP contribution in [0.1, 0.15) is 27.0 Å². The van der Waals surface area contributed by atoms with Crippen LogP contribution in [-0.2, 0) is 0 Å². The molecule has 8 heteroatoms. The number of ketones is 1. The van der Waals surface area contributed by atoms with Gasteiger partial charge in [-0.1, -0.05) is 41.1 Å². The van der Waals surface area contributed by atoms with Crippen molar-refractivity contribution in [3.63, 3.8) is 0 Å². The predicted octanol–water partition coefficient (Wildman–Crippen LogP) is 4.77. The van der Waals surface area contributed by atoms with Crippen LogP contribution >= 0.6 is 11.8 Å². The van der Waals surface area contributed by atoms with Crippen molar-refractivity contribution in [2.24, 2.45) is 0 Å². The van der Waals surface area contributed by atoms with E-state index >= 15 is 0 Å². The SMILES string of the molecule is Cc1ccc(-n2cnnc2SCC(=O)c2cc(C)ccc2OC(F)F)c(C)c1. The highest BCUT2D eigenvalue weighted by molar-refractivity contribution is 7.99. The summed E-state index contributed by atoms with van der Waals surface area (Å²) in [4.78, 5) is 12.7. The van der Waals surface area contributed by atoms with E-state index in [1.54, 1.807) is 30.0 Å². The molecule has 28 heavy (non-hydrogen) atoms. The number of benzene rings is 2. The van der Waals surface area contributed by atoms with Crippen molar-refractivity contribution in [3.8, 4) is 11.4 Å². The van der Waals surface area contributed by atoms with Crippen LogP contribution in [0.4, 0.5) is 8.78 Å². The van der Waals surface area contributed by atoms with Gasteiger partial charge in [0.2, 0.25) is 0 Å². The molecule has 0 aliphatic carbocycles. The molecule has 0 bridgehead atoms. The molecule has 0 spiro atoms. The van der Waals surface area contributed by atoms with Crippen LogP contribution in [0.2, 0.25) is 0 Å². The number of halogens is 2.